The first-order chi connectivity index (χ1) is 15.4. The van der Waals surface area contributed by atoms with Crippen LogP contribution in [0.5, 0.6) is 0 Å². The number of ether oxygens (including phenoxy) is 2. The summed E-state index contributed by atoms with van der Waals surface area (Å²) in [6.07, 6.45) is 0. The molecule has 188 valence electrons. The Morgan fingerprint density at radius 3 is 1.29 bits per heavy atom. The molecule has 2 fully saturated rings. The Kier molecular flexibility index (Phi) is 12.4. The first-order valence-corrected chi connectivity index (χ1v) is 10.5. The molecule has 10 heteroatoms. The van der Waals surface area contributed by atoms with Crippen molar-refractivity contribution in [2.45, 2.75) is 11.8 Å². The molecule has 2 heterocycles. The number of hydrogen-bond acceptors (Lipinski definition) is 6. The van der Waals surface area contributed by atoms with E-state index in [2.05, 4.69) is 10.6 Å². The zero-order chi connectivity index (χ0) is 23.1. The van der Waals surface area contributed by atoms with E-state index >= 15 is 0 Å². The molecule has 6 nitrogen and oxygen atoms in total. The summed E-state index contributed by atoms with van der Waals surface area (Å²) in [7, 11) is 2.78. The van der Waals surface area contributed by atoms with Gasteiger partial charge in [-0.3, -0.25) is 9.59 Å². The van der Waals surface area contributed by atoms with Gasteiger partial charge < -0.3 is 20.1 Å². The molecule has 2 aliphatic heterocycles. The predicted molar refractivity (Wildman–Crippen MR) is 130 cm³/mol. The second-order valence-corrected chi connectivity index (χ2v) is 7.89. The summed E-state index contributed by atoms with van der Waals surface area (Å²) in [5.74, 6) is -1.13. The van der Waals surface area contributed by atoms with Crippen molar-refractivity contribution in [1.82, 2.24) is 10.6 Å². The van der Waals surface area contributed by atoms with E-state index in [1.807, 2.05) is 0 Å². The van der Waals surface area contributed by atoms with Crippen molar-refractivity contribution in [3.05, 3.63) is 71.3 Å². The van der Waals surface area contributed by atoms with E-state index < -0.39 is 0 Å². The summed E-state index contributed by atoms with van der Waals surface area (Å²) in [5.41, 5.74) is 1.95. The van der Waals surface area contributed by atoms with Crippen LogP contribution in [-0.2, 0) is 19.1 Å². The van der Waals surface area contributed by atoms with Crippen molar-refractivity contribution in [3.63, 3.8) is 0 Å². The molecule has 0 spiro atoms. The van der Waals surface area contributed by atoms with Gasteiger partial charge in [0.25, 0.3) is 0 Å². The SMILES string of the molecule is COC(=O)[C@@H]1CNC[C@H]1c1ccc(F)cc1.COC(=O)[C@H]1CNC[C@@H]1c1ccc(F)cc1.Cl.Cl. The van der Waals surface area contributed by atoms with E-state index in [1.54, 1.807) is 24.3 Å². The maximum absolute atomic E-state index is 12.8. The maximum atomic E-state index is 12.8. The minimum Gasteiger partial charge on any atom is -0.469 e. The monoisotopic (exact) mass is 518 g/mol. The fourth-order valence-corrected chi connectivity index (χ4v) is 4.28. The van der Waals surface area contributed by atoms with Crippen molar-refractivity contribution < 1.29 is 27.8 Å². The van der Waals surface area contributed by atoms with Crippen LogP contribution in [0.1, 0.15) is 23.0 Å². The fraction of sp³-hybridized carbons (Fsp3) is 0.417. The molecule has 2 aromatic carbocycles. The van der Waals surface area contributed by atoms with Crippen LogP contribution in [0.2, 0.25) is 0 Å². The lowest BCUT2D eigenvalue weighted by Crippen LogP contribution is -2.22. The molecule has 2 N–H and O–H groups in total. The smallest absolute Gasteiger partial charge is 0.310 e. The summed E-state index contributed by atoms with van der Waals surface area (Å²) in [5, 5.41) is 6.31. The van der Waals surface area contributed by atoms with Crippen LogP contribution in [0.15, 0.2) is 48.5 Å². The standard InChI is InChI=1S/2C12H14FNO2.2ClH/c2*1-16-12(15)11-7-14-6-10(11)8-2-4-9(13)5-3-8;;/h2*2-5,10-11,14H,6-7H2,1H3;2*1H/t2*10-,11+;;/m10../s1. The highest BCUT2D eigenvalue weighted by Gasteiger charge is 2.35. The lowest BCUT2D eigenvalue weighted by molar-refractivity contribution is -0.146. The maximum Gasteiger partial charge on any atom is 0.310 e. The van der Waals surface area contributed by atoms with Gasteiger partial charge in [0.1, 0.15) is 11.6 Å². The van der Waals surface area contributed by atoms with Gasteiger partial charge in [0, 0.05) is 38.0 Å². The Hall–Kier alpha value is -2.26. The molecule has 0 aromatic heterocycles. The molecule has 4 rings (SSSR count). The highest BCUT2D eigenvalue weighted by atomic mass is 35.5. The molecule has 4 atom stereocenters. The van der Waals surface area contributed by atoms with Gasteiger partial charge in [0.2, 0.25) is 0 Å². The molecule has 0 radical (unpaired) electrons. The van der Waals surface area contributed by atoms with Gasteiger partial charge in [0.05, 0.1) is 26.1 Å². The number of hydrogen-bond donors (Lipinski definition) is 2. The first-order valence-electron chi connectivity index (χ1n) is 10.5. The zero-order valence-electron chi connectivity index (χ0n) is 19.0. The number of carbonyl (C=O) groups is 2. The van der Waals surface area contributed by atoms with Crippen LogP contribution in [0.25, 0.3) is 0 Å². The highest BCUT2D eigenvalue weighted by molar-refractivity contribution is 5.85. The third-order valence-corrected chi connectivity index (χ3v) is 6.03. The normalized spacial score (nSPS) is 22.9. The molecule has 34 heavy (non-hydrogen) atoms. The van der Waals surface area contributed by atoms with Crippen molar-refractivity contribution >= 4 is 36.8 Å². The lowest BCUT2D eigenvalue weighted by atomic mass is 9.89. The number of nitrogens with one attached hydrogen (secondary N) is 2. The van der Waals surface area contributed by atoms with E-state index in [1.165, 1.54) is 38.5 Å². The average molecular weight is 519 g/mol. The largest absolute Gasteiger partial charge is 0.469 e. The van der Waals surface area contributed by atoms with Gasteiger partial charge in [-0.25, -0.2) is 8.78 Å². The third-order valence-electron chi connectivity index (χ3n) is 6.03. The van der Waals surface area contributed by atoms with Gasteiger partial charge in [-0.15, -0.1) is 24.8 Å². The number of carbonyl (C=O) groups excluding carboxylic acids is 2. The second-order valence-electron chi connectivity index (χ2n) is 7.89. The molecule has 2 aliphatic rings. The molecule has 0 saturated carbocycles. The minimum absolute atomic E-state index is 0. The van der Waals surface area contributed by atoms with Crippen LogP contribution in [0.4, 0.5) is 8.78 Å². The summed E-state index contributed by atoms with van der Waals surface area (Å²) in [4.78, 5) is 23.1. The topological polar surface area (TPSA) is 76.7 Å². The van der Waals surface area contributed by atoms with E-state index in [0.717, 1.165) is 24.2 Å². The number of esters is 2. The number of rotatable bonds is 4. The Balaban J connectivity index is 0.000000321. The summed E-state index contributed by atoms with van der Waals surface area (Å²) in [6.45, 7) is 2.69. The minimum atomic E-state index is -0.260. The van der Waals surface area contributed by atoms with E-state index in [-0.39, 0.29) is 72.1 Å². The fourth-order valence-electron chi connectivity index (χ4n) is 4.28. The molecule has 0 bridgehead atoms. The molecule has 2 aromatic rings. The third kappa shape index (κ3) is 7.37. The Morgan fingerprint density at radius 1 is 0.676 bits per heavy atom. The zero-order valence-corrected chi connectivity index (χ0v) is 20.6. The quantitative estimate of drug-likeness (QED) is 0.603. The van der Waals surface area contributed by atoms with Crippen molar-refractivity contribution in [3.8, 4) is 0 Å². The van der Waals surface area contributed by atoms with Crippen molar-refractivity contribution in [1.29, 1.82) is 0 Å². The molecular weight excluding hydrogens is 489 g/mol. The van der Waals surface area contributed by atoms with Gasteiger partial charge in [-0.2, -0.15) is 0 Å². The molecule has 0 unspecified atom stereocenters. The van der Waals surface area contributed by atoms with Crippen LogP contribution in [-0.4, -0.2) is 52.3 Å². The van der Waals surface area contributed by atoms with Crippen molar-refractivity contribution in [2.24, 2.45) is 11.8 Å². The number of halogens is 4. The van der Waals surface area contributed by atoms with Crippen LogP contribution in [0.3, 0.4) is 0 Å². The predicted octanol–water partition coefficient (Wildman–Crippen LogP) is 3.45. The average Bonchev–Trinajstić information content (AvgIpc) is 3.50. The van der Waals surface area contributed by atoms with Crippen LogP contribution in [0, 0.1) is 23.5 Å². The van der Waals surface area contributed by atoms with Crippen LogP contribution < -0.4 is 10.6 Å². The van der Waals surface area contributed by atoms with Gasteiger partial charge in [-0.05, 0) is 35.4 Å². The molecule has 0 aliphatic carbocycles. The Bertz CT molecular complexity index is 841. The summed E-state index contributed by atoms with van der Waals surface area (Å²) >= 11 is 0. The highest BCUT2D eigenvalue weighted by Crippen LogP contribution is 2.30. The Morgan fingerprint density at radius 2 is 1.00 bits per heavy atom. The van der Waals surface area contributed by atoms with Crippen LogP contribution >= 0.6 is 24.8 Å². The van der Waals surface area contributed by atoms with Gasteiger partial charge >= 0.3 is 11.9 Å². The lowest BCUT2D eigenvalue weighted by Gasteiger charge is -2.16. The summed E-state index contributed by atoms with van der Waals surface area (Å²) < 4.78 is 35.1. The van der Waals surface area contributed by atoms with E-state index in [0.29, 0.717) is 13.1 Å². The van der Waals surface area contributed by atoms with Gasteiger partial charge in [-0.1, -0.05) is 24.3 Å². The van der Waals surface area contributed by atoms with Gasteiger partial charge in [0.15, 0.2) is 0 Å². The first kappa shape index (κ1) is 29.8. The Labute approximate surface area is 210 Å². The van der Waals surface area contributed by atoms with E-state index in [9.17, 15) is 18.4 Å². The number of benzene rings is 2. The summed E-state index contributed by atoms with van der Waals surface area (Å²) in [6, 6.07) is 12.6. The second kappa shape index (κ2) is 14.2. The van der Waals surface area contributed by atoms with E-state index in [4.69, 9.17) is 9.47 Å². The molecule has 2 saturated heterocycles. The molecular formula is C24H30Cl2F2N2O4. The number of methoxy groups -OCH3 is 2. The van der Waals surface area contributed by atoms with Crippen molar-refractivity contribution in [2.75, 3.05) is 40.4 Å². The molecule has 0 amide bonds.